The molecule has 0 saturated heterocycles. The van der Waals surface area contributed by atoms with E-state index < -0.39 is 35.7 Å². The lowest BCUT2D eigenvalue weighted by molar-refractivity contribution is -0.138. The van der Waals surface area contributed by atoms with E-state index in [-0.39, 0.29) is 0 Å². The monoisotopic (exact) mass is 242 g/mol. The zero-order chi connectivity index (χ0) is 11.1. The van der Waals surface area contributed by atoms with Gasteiger partial charge in [-0.05, 0) is 0 Å². The second kappa shape index (κ2) is 6.93. The number of carbonyl (C=O) groups is 2. The van der Waals surface area contributed by atoms with Crippen LogP contribution < -0.4 is 0 Å². The van der Waals surface area contributed by atoms with Crippen LogP contribution in [0, 0.1) is 0 Å². The van der Waals surface area contributed by atoms with Gasteiger partial charge in [0.05, 0.1) is 13.2 Å². The molecule has 14 heavy (non-hydrogen) atoms. The van der Waals surface area contributed by atoms with E-state index in [4.69, 9.17) is 20.4 Å². The minimum atomic E-state index is -1.22. The Labute approximate surface area is 87.7 Å². The molecule has 0 fully saturated rings. The molecule has 0 spiro atoms. The highest BCUT2D eigenvalue weighted by Crippen LogP contribution is 2.31. The summed E-state index contributed by atoms with van der Waals surface area (Å²) in [4.78, 5) is 20.8. The van der Waals surface area contributed by atoms with E-state index >= 15 is 0 Å². The molecule has 0 amide bonds. The van der Waals surface area contributed by atoms with Crippen LogP contribution in [0.15, 0.2) is 0 Å². The molecule has 0 heterocycles. The number of aliphatic carboxylic acids is 2. The number of carboxylic acids is 2. The maximum Gasteiger partial charge on any atom is 0.319 e. The van der Waals surface area contributed by atoms with Crippen molar-refractivity contribution in [2.75, 3.05) is 13.2 Å². The summed E-state index contributed by atoms with van der Waals surface area (Å²) in [5.74, 6) is -2.43. The summed E-state index contributed by atoms with van der Waals surface area (Å²) in [7, 11) is 1.43. The molecule has 4 N–H and O–H groups in total. The van der Waals surface area contributed by atoms with Gasteiger partial charge in [0.25, 0.3) is 0 Å². The Balaban J connectivity index is 4.00. The Kier molecular flexibility index (Phi) is 6.71. The van der Waals surface area contributed by atoms with Crippen molar-refractivity contribution in [3.63, 3.8) is 0 Å². The van der Waals surface area contributed by atoms with Crippen LogP contribution in [-0.2, 0) is 9.59 Å². The van der Waals surface area contributed by atoms with E-state index in [0.29, 0.717) is 21.6 Å². The largest absolute Gasteiger partial charge is 0.480 e. The highest BCUT2D eigenvalue weighted by atomic mass is 33.1. The average molecular weight is 242 g/mol. The maximum absolute atomic E-state index is 10.4. The van der Waals surface area contributed by atoms with E-state index in [9.17, 15) is 9.59 Å². The van der Waals surface area contributed by atoms with Crippen LogP contribution in [0.4, 0.5) is 0 Å². The fourth-order valence-electron chi connectivity index (χ4n) is 0.433. The van der Waals surface area contributed by atoms with Crippen molar-refractivity contribution in [1.29, 1.82) is 0 Å². The van der Waals surface area contributed by atoms with Crippen molar-refractivity contribution in [2.45, 2.75) is 10.5 Å². The predicted molar refractivity (Wildman–Crippen MR) is 52.2 cm³/mol. The lowest BCUT2D eigenvalue weighted by Gasteiger charge is -2.11. The first-order chi connectivity index (χ1) is 6.52. The lowest BCUT2D eigenvalue weighted by atomic mass is 10.5. The van der Waals surface area contributed by atoms with Gasteiger partial charge in [0.15, 0.2) is 0 Å². The smallest absolute Gasteiger partial charge is 0.319 e. The van der Waals surface area contributed by atoms with Crippen molar-refractivity contribution < 1.29 is 30.0 Å². The summed E-state index contributed by atoms with van der Waals surface area (Å²) >= 11 is 0. The summed E-state index contributed by atoms with van der Waals surface area (Å²) in [6, 6.07) is 0. The molecular formula is C6H10O6S2. The van der Waals surface area contributed by atoms with Gasteiger partial charge in [-0.25, -0.2) is 0 Å². The van der Waals surface area contributed by atoms with Gasteiger partial charge >= 0.3 is 11.9 Å². The Bertz CT molecular complexity index is 186. The van der Waals surface area contributed by atoms with Gasteiger partial charge in [-0.15, -0.1) is 0 Å². The molecule has 2 atom stereocenters. The minimum Gasteiger partial charge on any atom is -0.480 e. The summed E-state index contributed by atoms with van der Waals surface area (Å²) in [6.07, 6.45) is 0. The summed E-state index contributed by atoms with van der Waals surface area (Å²) in [5, 5.41) is 32.0. The SMILES string of the molecule is O=C(O)C(CO)SSC(CO)C(=O)O. The van der Waals surface area contributed by atoms with Gasteiger partial charge in [0, 0.05) is 0 Å². The molecule has 0 aliphatic carbocycles. The third-order valence-corrected chi connectivity index (χ3v) is 4.17. The second-order valence-electron chi connectivity index (χ2n) is 2.21. The van der Waals surface area contributed by atoms with E-state index in [1.54, 1.807) is 0 Å². The van der Waals surface area contributed by atoms with Crippen LogP contribution in [0.2, 0.25) is 0 Å². The summed E-state index contributed by atoms with van der Waals surface area (Å²) < 4.78 is 0. The molecule has 6 nitrogen and oxygen atoms in total. The number of aliphatic hydroxyl groups is 2. The highest BCUT2D eigenvalue weighted by Gasteiger charge is 2.23. The van der Waals surface area contributed by atoms with Crippen LogP contribution in [0.1, 0.15) is 0 Å². The number of hydrogen-bond acceptors (Lipinski definition) is 6. The van der Waals surface area contributed by atoms with E-state index in [2.05, 4.69) is 0 Å². The van der Waals surface area contributed by atoms with Crippen LogP contribution in [0.5, 0.6) is 0 Å². The third-order valence-electron chi connectivity index (χ3n) is 1.17. The Hall–Kier alpha value is -0.440. The standard InChI is InChI=1S/C6H10O6S2/c7-1-3(5(9)10)13-14-4(2-8)6(11)12/h3-4,7-8H,1-2H2,(H,9,10)(H,11,12). The zero-order valence-electron chi connectivity index (χ0n) is 6.99. The number of aliphatic hydroxyl groups excluding tert-OH is 2. The van der Waals surface area contributed by atoms with Crippen LogP contribution in [0.3, 0.4) is 0 Å². The van der Waals surface area contributed by atoms with Gasteiger partial charge in [0.1, 0.15) is 10.5 Å². The van der Waals surface area contributed by atoms with Gasteiger partial charge in [-0.1, -0.05) is 21.6 Å². The normalized spacial score (nSPS) is 14.7. The summed E-state index contributed by atoms with van der Waals surface area (Å²) in [6.45, 7) is -1.16. The molecule has 0 rings (SSSR count). The average Bonchev–Trinajstić information content (AvgIpc) is 2.11. The van der Waals surface area contributed by atoms with Crippen molar-refractivity contribution in [3.8, 4) is 0 Å². The lowest BCUT2D eigenvalue weighted by Crippen LogP contribution is -2.23. The van der Waals surface area contributed by atoms with Crippen LogP contribution in [0.25, 0.3) is 0 Å². The Morgan fingerprint density at radius 2 is 1.21 bits per heavy atom. The molecule has 0 aliphatic heterocycles. The number of carboxylic acid groups (broad SMARTS) is 2. The second-order valence-corrected chi connectivity index (χ2v) is 4.89. The topological polar surface area (TPSA) is 115 Å². The van der Waals surface area contributed by atoms with Gasteiger partial charge in [-0.3, -0.25) is 9.59 Å². The number of rotatable bonds is 7. The van der Waals surface area contributed by atoms with E-state index in [1.165, 1.54) is 0 Å². The first-order valence-corrected chi connectivity index (χ1v) is 5.80. The van der Waals surface area contributed by atoms with Gasteiger partial charge < -0.3 is 20.4 Å². The fraction of sp³-hybridized carbons (Fsp3) is 0.667. The van der Waals surface area contributed by atoms with Crippen molar-refractivity contribution in [3.05, 3.63) is 0 Å². The molecule has 0 aromatic heterocycles. The van der Waals surface area contributed by atoms with E-state index in [0.717, 1.165) is 0 Å². The quantitative estimate of drug-likeness (QED) is 0.431. The summed E-state index contributed by atoms with van der Waals surface area (Å²) in [5.41, 5.74) is 0. The molecule has 0 aromatic carbocycles. The molecular weight excluding hydrogens is 232 g/mol. The Morgan fingerprint density at radius 1 is 0.929 bits per heavy atom. The van der Waals surface area contributed by atoms with Crippen molar-refractivity contribution >= 4 is 33.5 Å². The molecule has 0 aromatic rings. The highest BCUT2D eigenvalue weighted by molar-refractivity contribution is 8.77. The Morgan fingerprint density at radius 3 is 1.36 bits per heavy atom. The molecule has 82 valence electrons. The predicted octanol–water partition coefficient (Wildman–Crippen LogP) is -0.741. The molecule has 2 unspecified atom stereocenters. The molecule has 0 bridgehead atoms. The third kappa shape index (κ3) is 4.70. The molecule has 0 aliphatic rings. The molecule has 0 radical (unpaired) electrons. The first-order valence-electron chi connectivity index (χ1n) is 3.52. The molecule has 0 saturated carbocycles. The van der Waals surface area contributed by atoms with Crippen molar-refractivity contribution in [1.82, 2.24) is 0 Å². The first kappa shape index (κ1) is 13.6. The van der Waals surface area contributed by atoms with Crippen molar-refractivity contribution in [2.24, 2.45) is 0 Å². The minimum absolute atomic E-state index is 0.579. The number of hydrogen-bond donors (Lipinski definition) is 4. The fourth-order valence-corrected chi connectivity index (χ4v) is 2.65. The molecule has 8 heteroatoms. The zero-order valence-corrected chi connectivity index (χ0v) is 8.62. The van der Waals surface area contributed by atoms with Gasteiger partial charge in [-0.2, -0.15) is 0 Å². The van der Waals surface area contributed by atoms with E-state index in [1.807, 2.05) is 0 Å². The van der Waals surface area contributed by atoms with Gasteiger partial charge in [0.2, 0.25) is 0 Å². The van der Waals surface area contributed by atoms with Crippen LogP contribution in [-0.4, -0.2) is 56.1 Å². The van der Waals surface area contributed by atoms with Crippen LogP contribution >= 0.6 is 21.6 Å². The maximum atomic E-state index is 10.4.